The Labute approximate surface area is 165 Å². The Hall–Kier alpha value is -2.85. The van der Waals surface area contributed by atoms with Gasteiger partial charge in [0.05, 0.1) is 11.6 Å². The van der Waals surface area contributed by atoms with Crippen molar-refractivity contribution < 1.29 is 36.7 Å². The van der Waals surface area contributed by atoms with Gasteiger partial charge in [-0.3, -0.25) is 14.9 Å². The number of hydrogen-bond donors (Lipinski definition) is 3. The molecule has 0 radical (unpaired) electrons. The van der Waals surface area contributed by atoms with Crippen LogP contribution in [0.4, 0.5) is 33.7 Å². The van der Waals surface area contributed by atoms with Gasteiger partial charge in [-0.05, 0) is 45.4 Å². The van der Waals surface area contributed by atoms with Crippen molar-refractivity contribution in [3.8, 4) is 0 Å². The van der Waals surface area contributed by atoms with Gasteiger partial charge in [0.1, 0.15) is 18.0 Å². The van der Waals surface area contributed by atoms with Crippen LogP contribution in [0.15, 0.2) is 12.1 Å². The topological polar surface area (TPSA) is 96.5 Å². The fourth-order valence-electron chi connectivity index (χ4n) is 2.24. The smallest absolute Gasteiger partial charge is 0.412 e. The number of amides is 3. The van der Waals surface area contributed by atoms with Gasteiger partial charge >= 0.3 is 12.3 Å². The first-order chi connectivity index (χ1) is 13.1. The number of benzene rings is 1. The zero-order valence-corrected chi connectivity index (χ0v) is 16.6. The number of nitrogens with one attached hydrogen (secondary N) is 3. The van der Waals surface area contributed by atoms with Gasteiger partial charge in [-0.2, -0.15) is 13.2 Å². The Kier molecular flexibility index (Phi) is 7.59. The van der Waals surface area contributed by atoms with Crippen molar-refractivity contribution in [2.75, 3.05) is 17.2 Å². The lowest BCUT2D eigenvalue weighted by Gasteiger charge is -2.21. The predicted molar refractivity (Wildman–Crippen MR) is 98.0 cm³/mol. The van der Waals surface area contributed by atoms with Crippen molar-refractivity contribution in [1.29, 1.82) is 0 Å². The van der Waals surface area contributed by atoms with Crippen molar-refractivity contribution in [3.05, 3.63) is 23.5 Å². The average molecular weight is 421 g/mol. The molecule has 0 heterocycles. The lowest BCUT2D eigenvalue weighted by Crippen LogP contribution is -2.36. The van der Waals surface area contributed by atoms with E-state index in [1.165, 1.54) is 6.92 Å². The Morgan fingerprint density at radius 3 is 2.14 bits per heavy atom. The maximum Gasteiger partial charge on any atom is 0.412 e. The lowest BCUT2D eigenvalue weighted by molar-refractivity contribution is -0.139. The maximum absolute atomic E-state index is 14.5. The van der Waals surface area contributed by atoms with E-state index in [-0.39, 0.29) is 16.9 Å². The molecule has 162 valence electrons. The van der Waals surface area contributed by atoms with Gasteiger partial charge in [0.15, 0.2) is 0 Å². The molecule has 0 aromatic heterocycles. The second-order valence-electron chi connectivity index (χ2n) is 7.28. The second-order valence-corrected chi connectivity index (χ2v) is 7.28. The summed E-state index contributed by atoms with van der Waals surface area (Å²) in [5.74, 6) is -3.76. The van der Waals surface area contributed by atoms with Crippen molar-refractivity contribution in [3.63, 3.8) is 0 Å². The first-order valence-electron chi connectivity index (χ1n) is 8.54. The number of anilines is 2. The fraction of sp³-hybridized carbons (Fsp3) is 0.500. The summed E-state index contributed by atoms with van der Waals surface area (Å²) in [6.07, 6.45) is -5.56. The van der Waals surface area contributed by atoms with Crippen LogP contribution in [-0.4, -0.2) is 36.2 Å². The molecule has 0 aliphatic rings. The molecule has 0 saturated carbocycles. The van der Waals surface area contributed by atoms with Gasteiger partial charge in [0.25, 0.3) is 0 Å². The van der Waals surface area contributed by atoms with E-state index >= 15 is 0 Å². The minimum Gasteiger partial charge on any atom is -0.444 e. The number of ether oxygens (including phenoxy) is 1. The molecule has 0 unspecified atom stereocenters. The van der Waals surface area contributed by atoms with Gasteiger partial charge in [-0.1, -0.05) is 0 Å². The lowest BCUT2D eigenvalue weighted by atomic mass is 9.97. The highest BCUT2D eigenvalue weighted by Gasteiger charge is 2.30. The highest BCUT2D eigenvalue weighted by Crippen LogP contribution is 2.31. The molecule has 0 aliphatic heterocycles. The molecule has 0 bridgehead atoms. The molecular weight excluding hydrogens is 398 g/mol. The molecule has 11 heteroatoms. The van der Waals surface area contributed by atoms with Crippen molar-refractivity contribution >= 4 is 29.3 Å². The third-order valence-electron chi connectivity index (χ3n) is 3.41. The quantitative estimate of drug-likeness (QED) is 0.628. The van der Waals surface area contributed by atoms with Crippen LogP contribution in [0.2, 0.25) is 0 Å². The molecule has 3 N–H and O–H groups in total. The van der Waals surface area contributed by atoms with E-state index in [4.69, 9.17) is 4.74 Å². The molecule has 29 heavy (non-hydrogen) atoms. The molecule has 0 fully saturated rings. The van der Waals surface area contributed by atoms with Crippen LogP contribution in [0.3, 0.4) is 0 Å². The zero-order valence-electron chi connectivity index (χ0n) is 16.6. The minimum absolute atomic E-state index is 0.0420. The normalized spacial score (nSPS) is 12.7. The standard InChI is InChI=1S/C18H23F4N3O4/c1-9(15(27)23-8-18(20,21)22)11-6-12(19)14(7-13(11)24-10(2)26)25-16(28)29-17(3,4)5/h6-7,9H,8H2,1-5H3,(H,23,27)(H,24,26)(H,25,28)/t9-/m1/s1. The molecule has 0 spiro atoms. The summed E-state index contributed by atoms with van der Waals surface area (Å²) >= 11 is 0. The maximum atomic E-state index is 14.5. The summed E-state index contributed by atoms with van der Waals surface area (Å²) in [7, 11) is 0. The SMILES string of the molecule is CC(=O)Nc1cc(NC(=O)OC(C)(C)C)c(F)cc1[C@@H](C)C(=O)NCC(F)(F)F. The first-order valence-corrected chi connectivity index (χ1v) is 8.54. The van der Waals surface area contributed by atoms with Crippen molar-refractivity contribution in [2.24, 2.45) is 0 Å². The highest BCUT2D eigenvalue weighted by atomic mass is 19.4. The van der Waals surface area contributed by atoms with Crippen LogP contribution in [0.25, 0.3) is 0 Å². The molecule has 0 aliphatic carbocycles. The molecule has 1 aromatic carbocycles. The molecule has 0 saturated heterocycles. The summed E-state index contributed by atoms with van der Waals surface area (Å²) in [6.45, 7) is 5.68. The molecule has 1 aromatic rings. The fourth-order valence-corrected chi connectivity index (χ4v) is 2.24. The summed E-state index contributed by atoms with van der Waals surface area (Å²) in [5, 5.41) is 6.26. The molecule has 1 rings (SSSR count). The van der Waals surface area contributed by atoms with E-state index in [2.05, 4.69) is 10.6 Å². The zero-order chi connectivity index (χ0) is 22.6. The van der Waals surface area contributed by atoms with Crippen molar-refractivity contribution in [1.82, 2.24) is 5.32 Å². The summed E-state index contributed by atoms with van der Waals surface area (Å²) < 4.78 is 56.4. The first kappa shape index (κ1) is 24.2. The van der Waals surface area contributed by atoms with Gasteiger partial charge in [-0.25, -0.2) is 9.18 Å². The van der Waals surface area contributed by atoms with E-state index in [0.717, 1.165) is 19.1 Å². The molecule has 1 atom stereocenters. The van der Waals surface area contributed by atoms with Crippen LogP contribution in [0.1, 0.15) is 46.1 Å². The van der Waals surface area contributed by atoms with Crippen LogP contribution in [0, 0.1) is 5.82 Å². The predicted octanol–water partition coefficient (Wildman–Crippen LogP) is 3.91. The number of carbonyl (C=O) groups excluding carboxylic acids is 3. The number of halogens is 4. The number of hydrogen-bond acceptors (Lipinski definition) is 4. The van der Waals surface area contributed by atoms with E-state index < -0.39 is 48.0 Å². The Balaban J connectivity index is 3.17. The van der Waals surface area contributed by atoms with E-state index in [1.807, 2.05) is 0 Å². The largest absolute Gasteiger partial charge is 0.444 e. The highest BCUT2D eigenvalue weighted by molar-refractivity contribution is 5.94. The summed E-state index contributed by atoms with van der Waals surface area (Å²) in [5.41, 5.74) is -1.28. The van der Waals surface area contributed by atoms with E-state index in [0.29, 0.717) is 0 Å². The Morgan fingerprint density at radius 1 is 1.07 bits per heavy atom. The summed E-state index contributed by atoms with van der Waals surface area (Å²) in [6, 6.07) is 1.92. The van der Waals surface area contributed by atoms with Crippen LogP contribution in [0.5, 0.6) is 0 Å². The van der Waals surface area contributed by atoms with Gasteiger partial charge in [0, 0.05) is 12.6 Å². The molecule has 3 amide bonds. The third kappa shape index (κ3) is 8.36. The second kappa shape index (κ2) is 9.10. The van der Waals surface area contributed by atoms with Crippen LogP contribution in [-0.2, 0) is 14.3 Å². The molecular formula is C18H23F4N3O4. The van der Waals surface area contributed by atoms with E-state index in [1.54, 1.807) is 26.1 Å². The van der Waals surface area contributed by atoms with Crippen LogP contribution >= 0.6 is 0 Å². The van der Waals surface area contributed by atoms with Gasteiger partial charge in [-0.15, -0.1) is 0 Å². The Morgan fingerprint density at radius 2 is 1.66 bits per heavy atom. The average Bonchev–Trinajstić information content (AvgIpc) is 2.51. The number of alkyl halides is 3. The number of rotatable bonds is 5. The van der Waals surface area contributed by atoms with Crippen molar-refractivity contribution in [2.45, 2.75) is 52.3 Å². The monoisotopic (exact) mass is 421 g/mol. The van der Waals surface area contributed by atoms with Gasteiger partial charge in [0.2, 0.25) is 11.8 Å². The number of carbonyl (C=O) groups is 3. The Bertz CT molecular complexity index is 789. The van der Waals surface area contributed by atoms with E-state index in [9.17, 15) is 31.9 Å². The summed E-state index contributed by atoms with van der Waals surface area (Å²) in [4.78, 5) is 35.3. The third-order valence-corrected chi connectivity index (χ3v) is 3.41. The van der Waals surface area contributed by atoms with Gasteiger partial charge < -0.3 is 15.4 Å². The molecule has 7 nitrogen and oxygen atoms in total. The minimum atomic E-state index is -4.61. The van der Waals surface area contributed by atoms with Crippen LogP contribution < -0.4 is 16.0 Å².